The summed E-state index contributed by atoms with van der Waals surface area (Å²) in [7, 11) is 0. The predicted molar refractivity (Wildman–Crippen MR) is 163 cm³/mol. The molecule has 0 aromatic heterocycles. The fourth-order valence-electron chi connectivity index (χ4n) is 4.67. The van der Waals surface area contributed by atoms with E-state index in [2.05, 4.69) is 38.2 Å². The molecule has 0 amide bonds. The summed E-state index contributed by atoms with van der Waals surface area (Å²) in [5.74, 6) is -0.799. The third-order valence-electron chi connectivity index (χ3n) is 7.13. The van der Waals surface area contributed by atoms with Gasteiger partial charge in [0.2, 0.25) is 0 Å². The average Bonchev–Trinajstić information content (AvgIpc) is 2.89. The standard InChI is InChI=1S/C34H62O4/c1-3-5-7-9-11-12-13-14-15-16-17-18-19-21-27-31-34(37)38-32(28-24-20-10-8-6-4-2)29-25-22-23-26-30-33(35)36/h14-15,24,28,32H,3-13,16-23,25-27,29-31H2,1-2H3,(H,35,36)/b15-14-,28-24-. The third kappa shape index (κ3) is 29.0. The van der Waals surface area contributed by atoms with Gasteiger partial charge >= 0.3 is 11.9 Å². The molecule has 0 rings (SSSR count). The van der Waals surface area contributed by atoms with Crippen LogP contribution in [0.5, 0.6) is 0 Å². The number of allylic oxidation sites excluding steroid dienone is 3. The lowest BCUT2D eigenvalue weighted by Gasteiger charge is -2.15. The molecule has 0 fully saturated rings. The zero-order valence-electron chi connectivity index (χ0n) is 25.2. The SMILES string of the molecule is CCCCCC/C=C\C(CCCCCCC(=O)O)OC(=O)CCCCCCC/C=C\CCCCCCCC. The van der Waals surface area contributed by atoms with E-state index in [1.165, 1.54) is 96.3 Å². The first-order valence-corrected chi connectivity index (χ1v) is 16.3. The van der Waals surface area contributed by atoms with Crippen molar-refractivity contribution in [2.24, 2.45) is 0 Å². The minimum Gasteiger partial charge on any atom is -0.481 e. The Kier molecular flexibility index (Phi) is 28.7. The quantitative estimate of drug-likeness (QED) is 0.0589. The lowest BCUT2D eigenvalue weighted by molar-refractivity contribution is -0.147. The predicted octanol–water partition coefficient (Wildman–Crippen LogP) is 10.9. The van der Waals surface area contributed by atoms with Crippen molar-refractivity contribution in [2.45, 2.75) is 180 Å². The van der Waals surface area contributed by atoms with Crippen LogP contribution in [0.3, 0.4) is 0 Å². The second-order valence-electron chi connectivity index (χ2n) is 11.0. The van der Waals surface area contributed by atoms with Gasteiger partial charge in [-0.1, -0.05) is 116 Å². The molecule has 0 aliphatic rings. The Morgan fingerprint density at radius 3 is 1.61 bits per heavy atom. The van der Waals surface area contributed by atoms with Gasteiger partial charge < -0.3 is 9.84 Å². The number of carboxylic acid groups (broad SMARTS) is 1. The van der Waals surface area contributed by atoms with Crippen molar-refractivity contribution in [2.75, 3.05) is 0 Å². The van der Waals surface area contributed by atoms with E-state index in [9.17, 15) is 9.59 Å². The van der Waals surface area contributed by atoms with Crippen LogP contribution in [-0.4, -0.2) is 23.1 Å². The molecule has 0 aliphatic heterocycles. The molecule has 1 N–H and O–H groups in total. The molecule has 0 aromatic rings. The highest BCUT2D eigenvalue weighted by atomic mass is 16.5. The van der Waals surface area contributed by atoms with Crippen LogP contribution in [0.1, 0.15) is 174 Å². The molecule has 0 aromatic carbocycles. The largest absolute Gasteiger partial charge is 0.481 e. The van der Waals surface area contributed by atoms with E-state index >= 15 is 0 Å². The lowest BCUT2D eigenvalue weighted by Crippen LogP contribution is -2.16. The summed E-state index contributed by atoms with van der Waals surface area (Å²) in [5.41, 5.74) is 0. The average molecular weight is 535 g/mol. The van der Waals surface area contributed by atoms with Crippen LogP contribution in [0.25, 0.3) is 0 Å². The molecule has 222 valence electrons. The highest BCUT2D eigenvalue weighted by Gasteiger charge is 2.11. The van der Waals surface area contributed by atoms with Crippen LogP contribution in [0.15, 0.2) is 24.3 Å². The zero-order chi connectivity index (χ0) is 27.9. The van der Waals surface area contributed by atoms with Crippen molar-refractivity contribution in [3.63, 3.8) is 0 Å². The van der Waals surface area contributed by atoms with Crippen LogP contribution in [0.2, 0.25) is 0 Å². The normalized spacial score (nSPS) is 12.5. The molecule has 0 bridgehead atoms. The van der Waals surface area contributed by atoms with Gasteiger partial charge in [-0.2, -0.15) is 0 Å². The summed E-state index contributed by atoms with van der Waals surface area (Å²) >= 11 is 0. The maximum absolute atomic E-state index is 12.4. The number of unbranched alkanes of at least 4 members (excludes halogenated alkanes) is 18. The fraction of sp³-hybridized carbons (Fsp3) is 0.824. The monoisotopic (exact) mass is 534 g/mol. The Hall–Kier alpha value is -1.58. The molecule has 0 saturated heterocycles. The first-order valence-electron chi connectivity index (χ1n) is 16.3. The Labute approximate surface area is 236 Å². The number of carbonyl (C=O) groups excluding carboxylic acids is 1. The number of carbonyl (C=O) groups is 2. The molecule has 0 saturated carbocycles. The molecule has 4 heteroatoms. The van der Waals surface area contributed by atoms with Crippen molar-refractivity contribution >= 4 is 11.9 Å². The van der Waals surface area contributed by atoms with Gasteiger partial charge in [0.25, 0.3) is 0 Å². The Morgan fingerprint density at radius 1 is 0.579 bits per heavy atom. The molecule has 4 nitrogen and oxygen atoms in total. The number of hydrogen-bond acceptors (Lipinski definition) is 3. The fourth-order valence-corrected chi connectivity index (χ4v) is 4.67. The molecule has 1 atom stereocenters. The Morgan fingerprint density at radius 2 is 1.03 bits per heavy atom. The maximum atomic E-state index is 12.4. The first-order chi connectivity index (χ1) is 18.6. The summed E-state index contributed by atoms with van der Waals surface area (Å²) < 4.78 is 5.81. The summed E-state index contributed by atoms with van der Waals surface area (Å²) in [6.07, 6.45) is 36.3. The van der Waals surface area contributed by atoms with Gasteiger partial charge in [-0.15, -0.1) is 0 Å². The van der Waals surface area contributed by atoms with Crippen LogP contribution in [0.4, 0.5) is 0 Å². The van der Waals surface area contributed by atoms with Crippen molar-refractivity contribution in [1.29, 1.82) is 0 Å². The number of ether oxygens (including phenoxy) is 1. The van der Waals surface area contributed by atoms with Gasteiger partial charge in [0.15, 0.2) is 0 Å². The first kappa shape index (κ1) is 36.4. The highest BCUT2D eigenvalue weighted by Crippen LogP contribution is 2.15. The van der Waals surface area contributed by atoms with E-state index in [0.29, 0.717) is 6.42 Å². The van der Waals surface area contributed by atoms with E-state index in [-0.39, 0.29) is 18.5 Å². The Balaban J connectivity index is 3.96. The van der Waals surface area contributed by atoms with Crippen molar-refractivity contribution in [3.8, 4) is 0 Å². The molecular weight excluding hydrogens is 472 g/mol. The number of aliphatic carboxylic acids is 1. The highest BCUT2D eigenvalue weighted by molar-refractivity contribution is 5.69. The van der Waals surface area contributed by atoms with E-state index in [0.717, 1.165) is 51.4 Å². The summed E-state index contributed by atoms with van der Waals surface area (Å²) in [5, 5.41) is 8.77. The van der Waals surface area contributed by atoms with E-state index < -0.39 is 5.97 Å². The van der Waals surface area contributed by atoms with Crippen LogP contribution < -0.4 is 0 Å². The maximum Gasteiger partial charge on any atom is 0.306 e. The number of esters is 1. The van der Waals surface area contributed by atoms with Gasteiger partial charge in [0.1, 0.15) is 6.10 Å². The minimum atomic E-state index is -0.724. The van der Waals surface area contributed by atoms with Gasteiger partial charge in [-0.05, 0) is 70.3 Å². The van der Waals surface area contributed by atoms with Crippen molar-refractivity contribution in [3.05, 3.63) is 24.3 Å². The molecule has 0 aliphatic carbocycles. The second-order valence-corrected chi connectivity index (χ2v) is 11.0. The third-order valence-corrected chi connectivity index (χ3v) is 7.13. The van der Waals surface area contributed by atoms with Crippen LogP contribution in [0, 0.1) is 0 Å². The van der Waals surface area contributed by atoms with Crippen LogP contribution in [-0.2, 0) is 14.3 Å². The van der Waals surface area contributed by atoms with E-state index in [1.54, 1.807) is 0 Å². The smallest absolute Gasteiger partial charge is 0.306 e. The van der Waals surface area contributed by atoms with E-state index in [4.69, 9.17) is 9.84 Å². The number of carboxylic acids is 1. The van der Waals surface area contributed by atoms with Gasteiger partial charge in [-0.25, -0.2) is 0 Å². The topological polar surface area (TPSA) is 63.6 Å². The minimum absolute atomic E-state index is 0.0749. The second kappa shape index (κ2) is 30.0. The number of hydrogen-bond donors (Lipinski definition) is 1. The van der Waals surface area contributed by atoms with Crippen molar-refractivity contribution in [1.82, 2.24) is 0 Å². The van der Waals surface area contributed by atoms with Gasteiger partial charge in [0, 0.05) is 12.8 Å². The van der Waals surface area contributed by atoms with Crippen molar-refractivity contribution < 1.29 is 19.4 Å². The molecule has 0 spiro atoms. The Bertz CT molecular complexity index is 581. The van der Waals surface area contributed by atoms with Crippen LogP contribution >= 0.6 is 0 Å². The zero-order valence-corrected chi connectivity index (χ0v) is 25.2. The van der Waals surface area contributed by atoms with E-state index in [1.807, 2.05) is 0 Å². The molecule has 0 heterocycles. The van der Waals surface area contributed by atoms with Gasteiger partial charge in [-0.3, -0.25) is 9.59 Å². The number of rotatable bonds is 29. The molecule has 38 heavy (non-hydrogen) atoms. The molecule has 0 radical (unpaired) electrons. The molecular formula is C34H62O4. The molecule has 1 unspecified atom stereocenters. The summed E-state index contributed by atoms with van der Waals surface area (Å²) in [6.45, 7) is 4.49. The lowest BCUT2D eigenvalue weighted by atomic mass is 10.1. The van der Waals surface area contributed by atoms with Gasteiger partial charge in [0.05, 0.1) is 0 Å². The summed E-state index contributed by atoms with van der Waals surface area (Å²) in [4.78, 5) is 23.1. The summed E-state index contributed by atoms with van der Waals surface area (Å²) in [6, 6.07) is 0.